The molecule has 0 saturated heterocycles. The first-order chi connectivity index (χ1) is 6.65. The summed E-state index contributed by atoms with van der Waals surface area (Å²) < 4.78 is 0. The topological polar surface area (TPSA) is 52.6 Å². The van der Waals surface area contributed by atoms with Gasteiger partial charge in [0.25, 0.3) is 0 Å². The number of nitrogens with one attached hydrogen (secondary N) is 1. The summed E-state index contributed by atoms with van der Waals surface area (Å²) in [7, 11) is 1.69. The third-order valence-corrected chi connectivity index (χ3v) is 2.37. The van der Waals surface area contributed by atoms with Crippen molar-refractivity contribution in [2.24, 2.45) is 0 Å². The molecule has 0 aromatic heterocycles. The van der Waals surface area contributed by atoms with Crippen molar-refractivity contribution in [3.63, 3.8) is 0 Å². The van der Waals surface area contributed by atoms with Crippen molar-refractivity contribution in [1.82, 2.24) is 10.2 Å². The predicted molar refractivity (Wildman–Crippen MR) is 57.5 cm³/mol. The van der Waals surface area contributed by atoms with Crippen molar-refractivity contribution in [1.29, 1.82) is 0 Å². The summed E-state index contributed by atoms with van der Waals surface area (Å²) in [4.78, 5) is 13.0. The van der Waals surface area contributed by atoms with Crippen LogP contribution in [0.25, 0.3) is 0 Å². The molecule has 0 aromatic rings. The molecule has 1 unspecified atom stereocenters. The van der Waals surface area contributed by atoms with E-state index in [1.165, 1.54) is 0 Å². The maximum Gasteiger partial charge on any atom is 0.320 e. The van der Waals surface area contributed by atoms with Gasteiger partial charge in [-0.1, -0.05) is 13.8 Å². The molecule has 0 aliphatic carbocycles. The highest BCUT2D eigenvalue weighted by Gasteiger charge is 2.15. The first-order valence-electron chi connectivity index (χ1n) is 5.28. The molecule has 0 amide bonds. The summed E-state index contributed by atoms with van der Waals surface area (Å²) in [6, 6.07) is -0.416. The summed E-state index contributed by atoms with van der Waals surface area (Å²) >= 11 is 0. The molecule has 1 atom stereocenters. The molecule has 0 heterocycles. The first-order valence-corrected chi connectivity index (χ1v) is 5.28. The van der Waals surface area contributed by atoms with Gasteiger partial charge in [-0.05, 0) is 33.0 Å². The van der Waals surface area contributed by atoms with E-state index in [1.807, 2.05) is 0 Å². The van der Waals surface area contributed by atoms with Crippen LogP contribution >= 0.6 is 0 Å². The summed E-state index contributed by atoms with van der Waals surface area (Å²) in [5, 5.41) is 11.6. The molecule has 14 heavy (non-hydrogen) atoms. The van der Waals surface area contributed by atoms with Gasteiger partial charge in [0.15, 0.2) is 0 Å². The average molecular weight is 202 g/mol. The third kappa shape index (κ3) is 5.19. The van der Waals surface area contributed by atoms with Crippen LogP contribution in [0.1, 0.15) is 26.7 Å². The average Bonchev–Trinajstić information content (AvgIpc) is 2.16. The van der Waals surface area contributed by atoms with E-state index in [0.717, 1.165) is 26.1 Å². The van der Waals surface area contributed by atoms with Gasteiger partial charge in [-0.15, -0.1) is 0 Å². The molecule has 0 fully saturated rings. The number of aliphatic carboxylic acids is 1. The van der Waals surface area contributed by atoms with Gasteiger partial charge in [-0.3, -0.25) is 4.79 Å². The minimum atomic E-state index is -0.764. The van der Waals surface area contributed by atoms with Crippen LogP contribution in [-0.4, -0.2) is 48.7 Å². The summed E-state index contributed by atoms with van der Waals surface area (Å²) in [5.41, 5.74) is 0. The van der Waals surface area contributed by atoms with Gasteiger partial charge in [-0.25, -0.2) is 0 Å². The standard InChI is InChI=1S/C10H22N2O2/c1-4-7-12(5-2)8-6-9(11-3)10(13)14/h9,11H,4-8H2,1-3H3,(H,13,14). The van der Waals surface area contributed by atoms with E-state index in [9.17, 15) is 4.79 Å². The molecule has 0 saturated carbocycles. The lowest BCUT2D eigenvalue weighted by atomic mass is 10.2. The number of nitrogens with zero attached hydrogens (tertiary/aromatic N) is 1. The molecule has 84 valence electrons. The molecule has 0 aromatic carbocycles. The van der Waals surface area contributed by atoms with Gasteiger partial charge < -0.3 is 15.3 Å². The lowest BCUT2D eigenvalue weighted by Gasteiger charge is -2.21. The zero-order valence-electron chi connectivity index (χ0n) is 9.42. The molecule has 0 rings (SSSR count). The zero-order chi connectivity index (χ0) is 11.0. The highest BCUT2D eigenvalue weighted by molar-refractivity contribution is 5.73. The Labute approximate surface area is 86.3 Å². The van der Waals surface area contributed by atoms with E-state index in [2.05, 4.69) is 24.1 Å². The molecule has 4 heteroatoms. The minimum absolute atomic E-state index is 0.416. The Kier molecular flexibility index (Phi) is 7.42. The Morgan fingerprint density at radius 3 is 2.43 bits per heavy atom. The fourth-order valence-electron chi connectivity index (χ4n) is 1.45. The highest BCUT2D eigenvalue weighted by Crippen LogP contribution is 1.97. The summed E-state index contributed by atoms with van der Waals surface area (Å²) in [6.07, 6.45) is 1.78. The normalized spacial score (nSPS) is 13.1. The number of rotatable bonds is 8. The van der Waals surface area contributed by atoms with Crippen LogP contribution in [0.4, 0.5) is 0 Å². The van der Waals surface area contributed by atoms with Crippen molar-refractivity contribution in [3.05, 3.63) is 0 Å². The van der Waals surface area contributed by atoms with E-state index in [-0.39, 0.29) is 0 Å². The Balaban J connectivity index is 3.81. The van der Waals surface area contributed by atoms with Crippen LogP contribution < -0.4 is 5.32 Å². The van der Waals surface area contributed by atoms with Crippen molar-refractivity contribution in [3.8, 4) is 0 Å². The maximum absolute atomic E-state index is 10.7. The number of hydrogen-bond donors (Lipinski definition) is 2. The van der Waals surface area contributed by atoms with E-state index >= 15 is 0 Å². The van der Waals surface area contributed by atoms with E-state index in [0.29, 0.717) is 6.42 Å². The number of likely N-dealkylation sites (N-methyl/N-ethyl adjacent to an activating group) is 1. The first kappa shape index (κ1) is 13.4. The molecule has 0 radical (unpaired) electrons. The number of carboxylic acid groups (broad SMARTS) is 1. The monoisotopic (exact) mass is 202 g/mol. The molecule has 4 nitrogen and oxygen atoms in total. The van der Waals surface area contributed by atoms with Gasteiger partial charge in [0.1, 0.15) is 6.04 Å². The zero-order valence-corrected chi connectivity index (χ0v) is 9.42. The van der Waals surface area contributed by atoms with Crippen molar-refractivity contribution in [2.45, 2.75) is 32.7 Å². The Morgan fingerprint density at radius 1 is 1.43 bits per heavy atom. The maximum atomic E-state index is 10.7. The van der Waals surface area contributed by atoms with Crippen molar-refractivity contribution in [2.75, 3.05) is 26.7 Å². The minimum Gasteiger partial charge on any atom is -0.480 e. The highest BCUT2D eigenvalue weighted by atomic mass is 16.4. The molecule has 0 aliphatic heterocycles. The number of hydrogen-bond acceptors (Lipinski definition) is 3. The quantitative estimate of drug-likeness (QED) is 0.611. The number of carbonyl (C=O) groups is 1. The Morgan fingerprint density at radius 2 is 2.07 bits per heavy atom. The lowest BCUT2D eigenvalue weighted by Crippen LogP contribution is -2.38. The fourth-order valence-corrected chi connectivity index (χ4v) is 1.45. The van der Waals surface area contributed by atoms with Crippen molar-refractivity contribution < 1.29 is 9.90 Å². The van der Waals surface area contributed by atoms with E-state index in [1.54, 1.807) is 7.05 Å². The third-order valence-electron chi connectivity index (χ3n) is 2.37. The fraction of sp³-hybridized carbons (Fsp3) is 0.900. The van der Waals surface area contributed by atoms with Crippen LogP contribution in [0, 0.1) is 0 Å². The van der Waals surface area contributed by atoms with Gasteiger partial charge in [-0.2, -0.15) is 0 Å². The molecule has 0 spiro atoms. The van der Waals surface area contributed by atoms with Crippen LogP contribution in [-0.2, 0) is 4.79 Å². The molecular weight excluding hydrogens is 180 g/mol. The van der Waals surface area contributed by atoms with Crippen LogP contribution in [0.2, 0.25) is 0 Å². The van der Waals surface area contributed by atoms with Gasteiger partial charge in [0.05, 0.1) is 0 Å². The predicted octanol–water partition coefficient (Wildman–Crippen LogP) is 0.781. The van der Waals surface area contributed by atoms with Gasteiger partial charge >= 0.3 is 5.97 Å². The summed E-state index contributed by atoms with van der Waals surface area (Å²) in [5.74, 6) is -0.764. The molecule has 2 N–H and O–H groups in total. The largest absolute Gasteiger partial charge is 0.480 e. The number of carboxylic acids is 1. The molecule has 0 bridgehead atoms. The SMILES string of the molecule is CCCN(CC)CCC(NC)C(=O)O. The van der Waals surface area contributed by atoms with Crippen LogP contribution in [0.5, 0.6) is 0 Å². The molecule has 0 aliphatic rings. The Bertz CT molecular complexity index is 162. The second-order valence-electron chi connectivity index (χ2n) is 3.40. The van der Waals surface area contributed by atoms with Gasteiger partial charge in [0.2, 0.25) is 0 Å². The van der Waals surface area contributed by atoms with Gasteiger partial charge in [0, 0.05) is 6.54 Å². The van der Waals surface area contributed by atoms with Crippen LogP contribution in [0.3, 0.4) is 0 Å². The van der Waals surface area contributed by atoms with Crippen LogP contribution in [0.15, 0.2) is 0 Å². The molecular formula is C10H22N2O2. The smallest absolute Gasteiger partial charge is 0.320 e. The lowest BCUT2D eigenvalue weighted by molar-refractivity contribution is -0.139. The summed E-state index contributed by atoms with van der Waals surface area (Å²) in [6.45, 7) is 7.12. The second kappa shape index (κ2) is 7.76. The van der Waals surface area contributed by atoms with E-state index in [4.69, 9.17) is 5.11 Å². The van der Waals surface area contributed by atoms with E-state index < -0.39 is 12.0 Å². The second-order valence-corrected chi connectivity index (χ2v) is 3.40. The van der Waals surface area contributed by atoms with Crippen molar-refractivity contribution >= 4 is 5.97 Å². The Hall–Kier alpha value is -0.610.